The standard InChI is InChI=1S/C14H27N3/c1-6-8-15-13(9-11(3)4)14-10-12(7-2)16-17(14)5/h10-11,13,15H,6-9H2,1-5H3. The van der Waals surface area contributed by atoms with Gasteiger partial charge in [0, 0.05) is 13.1 Å². The zero-order valence-corrected chi connectivity index (χ0v) is 12.0. The Hall–Kier alpha value is -0.830. The Morgan fingerprint density at radius 1 is 1.35 bits per heavy atom. The van der Waals surface area contributed by atoms with Crippen LogP contribution in [0.3, 0.4) is 0 Å². The highest BCUT2D eigenvalue weighted by atomic mass is 15.3. The molecule has 1 N–H and O–H groups in total. The third-order valence-electron chi connectivity index (χ3n) is 3.03. The molecule has 0 fully saturated rings. The zero-order valence-electron chi connectivity index (χ0n) is 12.0. The van der Waals surface area contributed by atoms with Crippen LogP contribution in [0.2, 0.25) is 0 Å². The molecule has 1 aromatic heterocycles. The Balaban J connectivity index is 2.82. The number of hydrogen-bond acceptors (Lipinski definition) is 2. The lowest BCUT2D eigenvalue weighted by Gasteiger charge is -2.20. The summed E-state index contributed by atoms with van der Waals surface area (Å²) < 4.78 is 2.04. The molecule has 0 spiro atoms. The quantitative estimate of drug-likeness (QED) is 0.790. The highest BCUT2D eigenvalue weighted by Gasteiger charge is 2.17. The van der Waals surface area contributed by atoms with Crippen LogP contribution in [0.15, 0.2) is 6.07 Å². The molecule has 1 rings (SSSR count). The van der Waals surface area contributed by atoms with E-state index in [9.17, 15) is 0 Å². The maximum absolute atomic E-state index is 4.54. The minimum atomic E-state index is 0.438. The van der Waals surface area contributed by atoms with Crippen molar-refractivity contribution in [2.45, 2.75) is 53.0 Å². The van der Waals surface area contributed by atoms with Gasteiger partial charge in [-0.3, -0.25) is 4.68 Å². The first kappa shape index (κ1) is 14.2. The van der Waals surface area contributed by atoms with Gasteiger partial charge in [-0.15, -0.1) is 0 Å². The third kappa shape index (κ3) is 4.15. The lowest BCUT2D eigenvalue weighted by molar-refractivity contribution is 0.410. The highest BCUT2D eigenvalue weighted by molar-refractivity contribution is 5.14. The molecule has 0 saturated carbocycles. The van der Waals surface area contributed by atoms with Crippen LogP contribution in [0.1, 0.15) is 58.0 Å². The van der Waals surface area contributed by atoms with Crippen molar-refractivity contribution in [1.29, 1.82) is 0 Å². The number of nitrogens with one attached hydrogen (secondary N) is 1. The van der Waals surface area contributed by atoms with Gasteiger partial charge in [-0.05, 0) is 37.8 Å². The van der Waals surface area contributed by atoms with E-state index in [4.69, 9.17) is 0 Å². The number of rotatable bonds is 7. The molecule has 0 amide bonds. The number of aromatic nitrogens is 2. The van der Waals surface area contributed by atoms with E-state index in [-0.39, 0.29) is 0 Å². The first-order chi connectivity index (χ1) is 8.08. The van der Waals surface area contributed by atoms with Crippen LogP contribution < -0.4 is 5.32 Å². The Morgan fingerprint density at radius 2 is 2.06 bits per heavy atom. The van der Waals surface area contributed by atoms with Gasteiger partial charge in [0.15, 0.2) is 0 Å². The van der Waals surface area contributed by atoms with Gasteiger partial charge in [-0.2, -0.15) is 5.10 Å². The van der Waals surface area contributed by atoms with Crippen LogP contribution in [-0.2, 0) is 13.5 Å². The predicted octanol–water partition coefficient (Wildman–Crippen LogP) is 3.07. The van der Waals surface area contributed by atoms with Crippen molar-refractivity contribution in [1.82, 2.24) is 15.1 Å². The molecule has 0 aromatic carbocycles. The largest absolute Gasteiger partial charge is 0.309 e. The lowest BCUT2D eigenvalue weighted by atomic mass is 10.0. The Bertz CT molecular complexity index is 328. The fraction of sp³-hybridized carbons (Fsp3) is 0.786. The van der Waals surface area contributed by atoms with Gasteiger partial charge in [0.2, 0.25) is 0 Å². The van der Waals surface area contributed by atoms with Gasteiger partial charge in [0.1, 0.15) is 0 Å². The van der Waals surface area contributed by atoms with E-state index in [1.54, 1.807) is 0 Å². The highest BCUT2D eigenvalue weighted by Crippen LogP contribution is 2.21. The molecule has 98 valence electrons. The van der Waals surface area contributed by atoms with Crippen molar-refractivity contribution in [2.75, 3.05) is 6.54 Å². The predicted molar refractivity (Wildman–Crippen MR) is 73.1 cm³/mol. The summed E-state index contributed by atoms with van der Waals surface area (Å²) in [4.78, 5) is 0. The van der Waals surface area contributed by atoms with Crippen molar-refractivity contribution < 1.29 is 0 Å². The summed E-state index contributed by atoms with van der Waals surface area (Å²) in [5.74, 6) is 0.698. The second-order valence-electron chi connectivity index (χ2n) is 5.17. The molecule has 17 heavy (non-hydrogen) atoms. The molecule has 3 heteroatoms. The molecule has 1 heterocycles. The van der Waals surface area contributed by atoms with Crippen LogP contribution in [0.4, 0.5) is 0 Å². The average molecular weight is 237 g/mol. The van der Waals surface area contributed by atoms with Gasteiger partial charge in [-0.1, -0.05) is 27.7 Å². The summed E-state index contributed by atoms with van der Waals surface area (Å²) in [7, 11) is 2.05. The van der Waals surface area contributed by atoms with Gasteiger partial charge in [-0.25, -0.2) is 0 Å². The van der Waals surface area contributed by atoms with Crippen molar-refractivity contribution >= 4 is 0 Å². The first-order valence-corrected chi connectivity index (χ1v) is 6.84. The van der Waals surface area contributed by atoms with E-state index in [0.29, 0.717) is 12.0 Å². The molecule has 0 saturated heterocycles. The minimum absolute atomic E-state index is 0.438. The molecule has 1 aromatic rings. The molecule has 0 aliphatic rings. The van der Waals surface area contributed by atoms with E-state index < -0.39 is 0 Å². The van der Waals surface area contributed by atoms with Gasteiger partial charge in [0.05, 0.1) is 11.4 Å². The average Bonchev–Trinajstić information content (AvgIpc) is 2.65. The lowest BCUT2D eigenvalue weighted by Crippen LogP contribution is -2.25. The molecule has 0 radical (unpaired) electrons. The van der Waals surface area contributed by atoms with Crippen molar-refractivity contribution in [3.8, 4) is 0 Å². The summed E-state index contributed by atoms with van der Waals surface area (Å²) in [6, 6.07) is 2.68. The maximum Gasteiger partial charge on any atom is 0.0625 e. The Morgan fingerprint density at radius 3 is 2.53 bits per heavy atom. The minimum Gasteiger partial charge on any atom is -0.309 e. The number of hydrogen-bond donors (Lipinski definition) is 1. The topological polar surface area (TPSA) is 29.9 Å². The molecule has 3 nitrogen and oxygen atoms in total. The van der Waals surface area contributed by atoms with Gasteiger partial charge in [0.25, 0.3) is 0 Å². The second kappa shape index (κ2) is 6.80. The molecule has 0 aliphatic heterocycles. The fourth-order valence-electron chi connectivity index (χ4n) is 2.14. The normalized spacial score (nSPS) is 13.3. The third-order valence-corrected chi connectivity index (χ3v) is 3.03. The van der Waals surface area contributed by atoms with Crippen LogP contribution in [0.25, 0.3) is 0 Å². The number of nitrogens with zero attached hydrogens (tertiary/aromatic N) is 2. The summed E-state index contributed by atoms with van der Waals surface area (Å²) in [6.07, 6.45) is 3.35. The zero-order chi connectivity index (χ0) is 12.8. The summed E-state index contributed by atoms with van der Waals surface area (Å²) in [5.41, 5.74) is 2.51. The van der Waals surface area contributed by atoms with Crippen molar-refractivity contribution in [2.24, 2.45) is 13.0 Å². The summed E-state index contributed by atoms with van der Waals surface area (Å²) >= 11 is 0. The molecular weight excluding hydrogens is 210 g/mol. The van der Waals surface area contributed by atoms with Crippen LogP contribution >= 0.6 is 0 Å². The molecule has 0 bridgehead atoms. The second-order valence-corrected chi connectivity index (χ2v) is 5.17. The Kier molecular flexibility index (Phi) is 5.69. The number of aryl methyl sites for hydroxylation is 2. The first-order valence-electron chi connectivity index (χ1n) is 6.84. The van der Waals surface area contributed by atoms with E-state index in [1.165, 1.54) is 24.2 Å². The SMILES string of the molecule is CCCNC(CC(C)C)c1cc(CC)nn1C. The van der Waals surface area contributed by atoms with Crippen molar-refractivity contribution in [3.05, 3.63) is 17.5 Å². The molecule has 1 unspecified atom stereocenters. The van der Waals surface area contributed by atoms with Gasteiger partial charge >= 0.3 is 0 Å². The summed E-state index contributed by atoms with van der Waals surface area (Å²) in [5, 5.41) is 8.18. The molecule has 1 atom stereocenters. The smallest absolute Gasteiger partial charge is 0.0625 e. The van der Waals surface area contributed by atoms with E-state index in [0.717, 1.165) is 13.0 Å². The Labute approximate surface area is 106 Å². The fourth-order valence-corrected chi connectivity index (χ4v) is 2.14. The van der Waals surface area contributed by atoms with Crippen LogP contribution in [0, 0.1) is 5.92 Å². The van der Waals surface area contributed by atoms with Gasteiger partial charge < -0.3 is 5.32 Å². The maximum atomic E-state index is 4.54. The van der Waals surface area contributed by atoms with Crippen molar-refractivity contribution in [3.63, 3.8) is 0 Å². The molecule has 0 aliphatic carbocycles. The molecular formula is C14H27N3. The van der Waals surface area contributed by atoms with E-state index >= 15 is 0 Å². The van der Waals surface area contributed by atoms with Crippen LogP contribution in [-0.4, -0.2) is 16.3 Å². The monoisotopic (exact) mass is 237 g/mol. The summed E-state index contributed by atoms with van der Waals surface area (Å²) in [6.45, 7) is 9.99. The van der Waals surface area contributed by atoms with Crippen LogP contribution in [0.5, 0.6) is 0 Å². The van der Waals surface area contributed by atoms with E-state index in [2.05, 4.69) is 51.2 Å². The van der Waals surface area contributed by atoms with E-state index in [1.807, 2.05) is 4.68 Å².